The lowest BCUT2D eigenvalue weighted by Gasteiger charge is -2.41. The minimum Gasteiger partial charge on any atom is -0.475 e. The summed E-state index contributed by atoms with van der Waals surface area (Å²) in [6.07, 6.45) is 20.9. The summed E-state index contributed by atoms with van der Waals surface area (Å²) >= 11 is 0. The topological polar surface area (TPSA) is 60.6 Å². The minimum atomic E-state index is 0.0883. The molecule has 3 fully saturated rings. The van der Waals surface area contributed by atoms with Crippen LogP contribution in [0.1, 0.15) is 109 Å². The summed E-state index contributed by atoms with van der Waals surface area (Å²) in [5.41, 5.74) is 0. The SMILES string of the molecule is CCN(CC)CC(Oc1ccn(C2CCCCC2)n1)C1CCCCN1CCOc1ccn(C2CCCCC2)n1. The summed E-state index contributed by atoms with van der Waals surface area (Å²) < 4.78 is 17.2. The highest BCUT2D eigenvalue weighted by atomic mass is 16.5. The third kappa shape index (κ3) is 7.78. The molecule has 5 rings (SSSR count). The number of likely N-dealkylation sites (N-methyl/N-ethyl adjacent to an activating group) is 1. The fourth-order valence-electron chi connectivity index (χ4n) is 6.99. The van der Waals surface area contributed by atoms with Gasteiger partial charge in [-0.1, -0.05) is 58.8 Å². The number of hydrogen-bond acceptors (Lipinski definition) is 6. The molecule has 0 spiro atoms. The molecular weight excluding hydrogens is 488 g/mol. The van der Waals surface area contributed by atoms with Crippen molar-refractivity contribution in [3.63, 3.8) is 0 Å². The standard InChI is InChI=1S/C31H52N6O2/c1-3-34(4-2)25-29(39-31-19-22-37(33-31)27-15-9-6-10-16-27)28-17-11-12-20-35(28)23-24-38-30-18-21-36(32-30)26-13-7-5-8-14-26/h18-19,21-22,26-29H,3-17,20,23-25H2,1-2H3. The van der Waals surface area contributed by atoms with Crippen LogP contribution >= 0.6 is 0 Å². The van der Waals surface area contributed by atoms with Gasteiger partial charge in [-0.3, -0.25) is 14.3 Å². The molecule has 2 unspecified atom stereocenters. The van der Waals surface area contributed by atoms with Crippen LogP contribution in [0.5, 0.6) is 11.8 Å². The molecule has 218 valence electrons. The maximum Gasteiger partial charge on any atom is 0.233 e. The lowest BCUT2D eigenvalue weighted by molar-refractivity contribution is 0.0127. The van der Waals surface area contributed by atoms with Crippen molar-refractivity contribution in [1.82, 2.24) is 29.4 Å². The molecule has 0 radical (unpaired) electrons. The molecular formula is C31H52N6O2. The number of nitrogens with zero attached hydrogens (tertiary/aromatic N) is 6. The van der Waals surface area contributed by atoms with Crippen molar-refractivity contribution >= 4 is 0 Å². The molecule has 8 nitrogen and oxygen atoms in total. The van der Waals surface area contributed by atoms with Crippen molar-refractivity contribution in [2.75, 3.05) is 39.3 Å². The lowest BCUT2D eigenvalue weighted by atomic mass is 9.96. The fraction of sp³-hybridized carbons (Fsp3) is 0.806. The Kier molecular flexibility index (Phi) is 10.6. The van der Waals surface area contributed by atoms with E-state index in [0.29, 0.717) is 24.7 Å². The largest absolute Gasteiger partial charge is 0.475 e. The van der Waals surface area contributed by atoms with E-state index >= 15 is 0 Å². The van der Waals surface area contributed by atoms with Gasteiger partial charge in [0.1, 0.15) is 12.7 Å². The summed E-state index contributed by atoms with van der Waals surface area (Å²) in [6.45, 7) is 10.1. The number of likely N-dealkylation sites (tertiary alicyclic amines) is 1. The maximum atomic E-state index is 6.75. The number of hydrogen-bond donors (Lipinski definition) is 0. The number of ether oxygens (including phenoxy) is 2. The maximum absolute atomic E-state index is 6.75. The normalized spacial score (nSPS) is 22.8. The van der Waals surface area contributed by atoms with Crippen LogP contribution in [-0.4, -0.2) is 80.8 Å². The molecule has 0 aromatic carbocycles. The monoisotopic (exact) mass is 540 g/mol. The Labute approximate surface area is 236 Å². The molecule has 2 aromatic rings. The average molecular weight is 541 g/mol. The second-order valence-electron chi connectivity index (χ2n) is 11.9. The van der Waals surface area contributed by atoms with Crippen LogP contribution in [0.15, 0.2) is 24.5 Å². The van der Waals surface area contributed by atoms with E-state index in [0.717, 1.165) is 50.9 Å². The van der Waals surface area contributed by atoms with Gasteiger partial charge in [-0.05, 0) is 58.2 Å². The number of rotatable bonds is 13. The van der Waals surface area contributed by atoms with Gasteiger partial charge < -0.3 is 14.4 Å². The quantitative estimate of drug-likeness (QED) is 0.305. The third-order valence-electron chi connectivity index (χ3n) is 9.39. The molecule has 2 saturated carbocycles. The smallest absolute Gasteiger partial charge is 0.233 e. The predicted octanol–water partition coefficient (Wildman–Crippen LogP) is 6.11. The Bertz CT molecular complexity index is 960. The Morgan fingerprint density at radius 1 is 0.795 bits per heavy atom. The van der Waals surface area contributed by atoms with Gasteiger partial charge in [-0.2, -0.15) is 0 Å². The van der Waals surface area contributed by atoms with Crippen LogP contribution in [0.2, 0.25) is 0 Å². The third-order valence-corrected chi connectivity index (χ3v) is 9.39. The highest BCUT2D eigenvalue weighted by Crippen LogP contribution is 2.30. The first-order valence-electron chi connectivity index (χ1n) is 16.1. The fourth-order valence-corrected chi connectivity index (χ4v) is 6.99. The first-order chi connectivity index (χ1) is 19.2. The summed E-state index contributed by atoms with van der Waals surface area (Å²) in [7, 11) is 0. The van der Waals surface area contributed by atoms with Crippen molar-refractivity contribution in [1.29, 1.82) is 0 Å². The second kappa shape index (κ2) is 14.5. The molecule has 3 heterocycles. The summed E-state index contributed by atoms with van der Waals surface area (Å²) in [6, 6.07) is 5.56. The van der Waals surface area contributed by atoms with Crippen LogP contribution in [0.3, 0.4) is 0 Å². The molecule has 0 N–H and O–H groups in total. The van der Waals surface area contributed by atoms with Crippen LogP contribution < -0.4 is 9.47 Å². The van der Waals surface area contributed by atoms with Crippen molar-refractivity contribution in [3.8, 4) is 11.8 Å². The Balaban J connectivity index is 1.20. The van der Waals surface area contributed by atoms with Gasteiger partial charge in [0.15, 0.2) is 0 Å². The van der Waals surface area contributed by atoms with E-state index in [2.05, 4.69) is 51.5 Å². The van der Waals surface area contributed by atoms with E-state index in [-0.39, 0.29) is 6.10 Å². The van der Waals surface area contributed by atoms with E-state index in [9.17, 15) is 0 Å². The Morgan fingerprint density at radius 3 is 2.03 bits per heavy atom. The lowest BCUT2D eigenvalue weighted by Crippen LogP contribution is -2.54. The molecule has 2 atom stereocenters. The van der Waals surface area contributed by atoms with Crippen LogP contribution in [0, 0.1) is 0 Å². The zero-order valence-corrected chi connectivity index (χ0v) is 24.6. The van der Waals surface area contributed by atoms with Gasteiger partial charge in [0.2, 0.25) is 11.8 Å². The van der Waals surface area contributed by atoms with Crippen molar-refractivity contribution in [2.24, 2.45) is 0 Å². The number of aromatic nitrogens is 4. The highest BCUT2D eigenvalue weighted by molar-refractivity contribution is 5.09. The molecule has 0 bridgehead atoms. The Morgan fingerprint density at radius 2 is 1.38 bits per heavy atom. The van der Waals surface area contributed by atoms with Crippen molar-refractivity contribution in [2.45, 2.75) is 122 Å². The highest BCUT2D eigenvalue weighted by Gasteiger charge is 2.33. The molecule has 39 heavy (non-hydrogen) atoms. The van der Waals surface area contributed by atoms with Crippen molar-refractivity contribution in [3.05, 3.63) is 24.5 Å². The first kappa shape index (κ1) is 28.5. The number of piperidine rings is 1. The van der Waals surface area contributed by atoms with Gasteiger partial charge in [-0.15, -0.1) is 10.2 Å². The molecule has 0 amide bonds. The summed E-state index contributed by atoms with van der Waals surface area (Å²) in [5, 5.41) is 9.68. The first-order valence-corrected chi connectivity index (χ1v) is 16.1. The van der Waals surface area contributed by atoms with E-state index in [4.69, 9.17) is 19.7 Å². The molecule has 8 heteroatoms. The van der Waals surface area contributed by atoms with E-state index in [1.54, 1.807) is 0 Å². The molecule has 3 aliphatic rings. The molecule has 2 aromatic heterocycles. The van der Waals surface area contributed by atoms with E-state index in [1.165, 1.54) is 77.0 Å². The summed E-state index contributed by atoms with van der Waals surface area (Å²) in [4.78, 5) is 5.10. The minimum absolute atomic E-state index is 0.0883. The van der Waals surface area contributed by atoms with Crippen molar-refractivity contribution < 1.29 is 9.47 Å². The van der Waals surface area contributed by atoms with Gasteiger partial charge in [0.25, 0.3) is 0 Å². The Hall–Kier alpha value is -2.06. The zero-order valence-electron chi connectivity index (χ0n) is 24.6. The molecule has 1 saturated heterocycles. The second-order valence-corrected chi connectivity index (χ2v) is 11.9. The van der Waals surface area contributed by atoms with Crippen LogP contribution in [-0.2, 0) is 0 Å². The zero-order chi connectivity index (χ0) is 26.9. The summed E-state index contributed by atoms with van der Waals surface area (Å²) in [5.74, 6) is 1.55. The average Bonchev–Trinajstić information content (AvgIpc) is 3.67. The van der Waals surface area contributed by atoms with Gasteiger partial charge in [0, 0.05) is 43.7 Å². The molecule has 1 aliphatic heterocycles. The van der Waals surface area contributed by atoms with E-state index in [1.807, 2.05) is 6.07 Å². The predicted molar refractivity (Wildman–Crippen MR) is 156 cm³/mol. The van der Waals surface area contributed by atoms with E-state index < -0.39 is 0 Å². The van der Waals surface area contributed by atoms with Gasteiger partial charge >= 0.3 is 0 Å². The van der Waals surface area contributed by atoms with Gasteiger partial charge in [0.05, 0.1) is 12.1 Å². The molecule has 2 aliphatic carbocycles. The van der Waals surface area contributed by atoms with Crippen LogP contribution in [0.4, 0.5) is 0 Å². The van der Waals surface area contributed by atoms with Gasteiger partial charge in [-0.25, -0.2) is 0 Å². The van der Waals surface area contributed by atoms with Crippen LogP contribution in [0.25, 0.3) is 0 Å².